The van der Waals surface area contributed by atoms with E-state index < -0.39 is 26.6 Å². The molecule has 94 valence electrons. The summed E-state index contributed by atoms with van der Waals surface area (Å²) in [6.45, 7) is 0. The minimum atomic E-state index is -4.04. The normalized spacial score (nSPS) is 16.8. The van der Waals surface area contributed by atoms with Crippen LogP contribution in [0.2, 0.25) is 0 Å². The number of rotatable bonds is 3. The van der Waals surface area contributed by atoms with Crippen LogP contribution in [0.3, 0.4) is 0 Å². The third kappa shape index (κ3) is 2.39. The molecule has 0 aliphatic heterocycles. The van der Waals surface area contributed by atoms with Gasteiger partial charge in [-0.3, -0.25) is 0 Å². The first-order chi connectivity index (χ1) is 7.90. The molecule has 1 aliphatic rings. The van der Waals surface area contributed by atoms with Gasteiger partial charge in [-0.1, -0.05) is 6.42 Å². The zero-order valence-electron chi connectivity index (χ0n) is 8.91. The number of nitrogens with one attached hydrogen (secondary N) is 1. The SMILES string of the molecule is Nc1cc(F)c(F)c(S(=O)(=O)NC2CCC2)c1. The van der Waals surface area contributed by atoms with Crippen LogP contribution in [0, 0.1) is 11.6 Å². The van der Waals surface area contributed by atoms with Gasteiger partial charge in [-0.15, -0.1) is 0 Å². The minimum Gasteiger partial charge on any atom is -0.399 e. The molecule has 0 amide bonds. The van der Waals surface area contributed by atoms with Crippen molar-refractivity contribution in [2.24, 2.45) is 0 Å². The van der Waals surface area contributed by atoms with Gasteiger partial charge in [0.25, 0.3) is 0 Å². The molecular formula is C10H12F2N2O2S. The number of nitrogen functional groups attached to an aromatic ring is 1. The predicted molar refractivity (Wildman–Crippen MR) is 58.7 cm³/mol. The summed E-state index contributed by atoms with van der Waals surface area (Å²) in [5.74, 6) is -2.66. The van der Waals surface area contributed by atoms with E-state index in [-0.39, 0.29) is 11.7 Å². The number of nitrogens with two attached hydrogens (primary N) is 1. The maximum Gasteiger partial charge on any atom is 0.243 e. The van der Waals surface area contributed by atoms with Crippen LogP contribution in [-0.2, 0) is 10.0 Å². The zero-order chi connectivity index (χ0) is 12.6. The maximum atomic E-state index is 13.4. The van der Waals surface area contributed by atoms with E-state index in [1.54, 1.807) is 0 Å². The van der Waals surface area contributed by atoms with Gasteiger partial charge in [0.05, 0.1) is 0 Å². The van der Waals surface area contributed by atoms with E-state index in [0.717, 1.165) is 18.6 Å². The van der Waals surface area contributed by atoms with Gasteiger partial charge in [0.1, 0.15) is 4.90 Å². The van der Waals surface area contributed by atoms with Gasteiger partial charge in [0.15, 0.2) is 11.6 Å². The minimum absolute atomic E-state index is 0.127. The predicted octanol–water partition coefficient (Wildman–Crippen LogP) is 1.38. The molecule has 3 N–H and O–H groups in total. The van der Waals surface area contributed by atoms with Crippen LogP contribution in [0.25, 0.3) is 0 Å². The fourth-order valence-corrected chi connectivity index (χ4v) is 3.01. The van der Waals surface area contributed by atoms with Gasteiger partial charge in [-0.25, -0.2) is 21.9 Å². The molecule has 0 spiro atoms. The second-order valence-electron chi connectivity index (χ2n) is 4.06. The van der Waals surface area contributed by atoms with Gasteiger partial charge in [0.2, 0.25) is 10.0 Å². The summed E-state index contributed by atoms with van der Waals surface area (Å²) >= 11 is 0. The molecule has 1 fully saturated rings. The van der Waals surface area contributed by atoms with Crippen LogP contribution >= 0.6 is 0 Å². The average Bonchev–Trinajstić information content (AvgIpc) is 2.17. The average molecular weight is 262 g/mol. The van der Waals surface area contributed by atoms with Gasteiger partial charge in [-0.05, 0) is 25.0 Å². The first-order valence-electron chi connectivity index (χ1n) is 5.17. The van der Waals surface area contributed by atoms with E-state index in [9.17, 15) is 17.2 Å². The molecule has 17 heavy (non-hydrogen) atoms. The number of hydrogen-bond donors (Lipinski definition) is 2. The third-order valence-corrected chi connectivity index (χ3v) is 4.25. The molecule has 0 bridgehead atoms. The van der Waals surface area contributed by atoms with E-state index in [1.807, 2.05) is 0 Å². The summed E-state index contributed by atoms with van der Waals surface area (Å²) in [6, 6.07) is 1.47. The van der Waals surface area contributed by atoms with Crippen LogP contribution in [0.15, 0.2) is 17.0 Å². The molecule has 1 aromatic carbocycles. The molecule has 1 aromatic rings. The fraction of sp³-hybridized carbons (Fsp3) is 0.400. The Kier molecular flexibility index (Phi) is 3.05. The summed E-state index contributed by atoms with van der Waals surface area (Å²) in [5.41, 5.74) is 5.18. The van der Waals surface area contributed by atoms with E-state index in [4.69, 9.17) is 5.73 Å². The number of anilines is 1. The summed E-state index contributed by atoms with van der Waals surface area (Å²) in [5, 5.41) is 0. The van der Waals surface area contributed by atoms with Crippen molar-refractivity contribution in [1.82, 2.24) is 4.72 Å². The monoisotopic (exact) mass is 262 g/mol. The van der Waals surface area contributed by atoms with Crippen molar-refractivity contribution in [3.05, 3.63) is 23.8 Å². The Morgan fingerprint density at radius 1 is 1.29 bits per heavy atom. The molecule has 0 saturated heterocycles. The second kappa shape index (κ2) is 4.23. The van der Waals surface area contributed by atoms with Crippen molar-refractivity contribution in [2.75, 3.05) is 5.73 Å². The number of sulfonamides is 1. The highest BCUT2D eigenvalue weighted by Gasteiger charge is 2.28. The highest BCUT2D eigenvalue weighted by molar-refractivity contribution is 7.89. The molecule has 1 aliphatic carbocycles. The molecule has 0 unspecified atom stereocenters. The molecule has 1 saturated carbocycles. The fourth-order valence-electron chi connectivity index (χ4n) is 1.59. The van der Waals surface area contributed by atoms with E-state index >= 15 is 0 Å². The van der Waals surface area contributed by atoms with Crippen LogP contribution in [0.5, 0.6) is 0 Å². The lowest BCUT2D eigenvalue weighted by Crippen LogP contribution is -2.39. The Labute approximate surface area is 97.9 Å². The number of benzene rings is 1. The quantitative estimate of drug-likeness (QED) is 0.808. The Balaban J connectivity index is 2.38. The Morgan fingerprint density at radius 2 is 1.94 bits per heavy atom. The smallest absolute Gasteiger partial charge is 0.243 e. The third-order valence-electron chi connectivity index (χ3n) is 2.73. The van der Waals surface area contributed by atoms with Crippen LogP contribution in [0.4, 0.5) is 14.5 Å². The van der Waals surface area contributed by atoms with E-state index in [2.05, 4.69) is 4.72 Å². The standard InChI is InChI=1S/C10H12F2N2O2S/c11-8-4-6(13)5-9(10(8)12)17(15,16)14-7-2-1-3-7/h4-5,7,14H,1-3,13H2. The first-order valence-corrected chi connectivity index (χ1v) is 6.65. The van der Waals surface area contributed by atoms with Gasteiger partial charge < -0.3 is 5.73 Å². The van der Waals surface area contributed by atoms with Crippen LogP contribution < -0.4 is 10.5 Å². The van der Waals surface area contributed by atoms with Crippen molar-refractivity contribution in [3.8, 4) is 0 Å². The van der Waals surface area contributed by atoms with Gasteiger partial charge in [-0.2, -0.15) is 0 Å². The zero-order valence-corrected chi connectivity index (χ0v) is 9.73. The molecule has 0 heterocycles. The topological polar surface area (TPSA) is 72.2 Å². The van der Waals surface area contributed by atoms with E-state index in [0.29, 0.717) is 12.8 Å². The molecule has 7 heteroatoms. The van der Waals surface area contributed by atoms with Crippen molar-refractivity contribution < 1.29 is 17.2 Å². The lowest BCUT2D eigenvalue weighted by Gasteiger charge is -2.26. The number of hydrogen-bond acceptors (Lipinski definition) is 3. The lowest BCUT2D eigenvalue weighted by atomic mass is 9.94. The molecule has 4 nitrogen and oxygen atoms in total. The molecular weight excluding hydrogens is 250 g/mol. The Morgan fingerprint density at radius 3 is 2.47 bits per heavy atom. The first kappa shape index (κ1) is 12.3. The van der Waals surface area contributed by atoms with Gasteiger partial charge in [0, 0.05) is 11.7 Å². The summed E-state index contributed by atoms with van der Waals surface area (Å²) in [7, 11) is -4.04. The van der Waals surface area contributed by atoms with Crippen molar-refractivity contribution in [3.63, 3.8) is 0 Å². The van der Waals surface area contributed by atoms with Crippen LogP contribution in [-0.4, -0.2) is 14.5 Å². The summed E-state index contributed by atoms with van der Waals surface area (Å²) in [6.07, 6.45) is 2.36. The Hall–Kier alpha value is -1.21. The van der Waals surface area contributed by atoms with Crippen molar-refractivity contribution in [1.29, 1.82) is 0 Å². The highest BCUT2D eigenvalue weighted by Crippen LogP contribution is 2.24. The van der Waals surface area contributed by atoms with Crippen molar-refractivity contribution in [2.45, 2.75) is 30.2 Å². The maximum absolute atomic E-state index is 13.4. The molecule has 2 rings (SSSR count). The van der Waals surface area contributed by atoms with Crippen LogP contribution in [0.1, 0.15) is 19.3 Å². The molecule has 0 radical (unpaired) electrons. The van der Waals surface area contributed by atoms with Crippen molar-refractivity contribution >= 4 is 15.7 Å². The van der Waals surface area contributed by atoms with E-state index in [1.165, 1.54) is 0 Å². The summed E-state index contributed by atoms with van der Waals surface area (Å²) < 4.78 is 52.3. The highest BCUT2D eigenvalue weighted by atomic mass is 32.2. The molecule has 0 atom stereocenters. The number of halogens is 2. The Bertz CT molecular complexity index is 541. The lowest BCUT2D eigenvalue weighted by molar-refractivity contribution is 0.382. The molecule has 0 aromatic heterocycles. The van der Waals surface area contributed by atoms with Gasteiger partial charge >= 0.3 is 0 Å². The second-order valence-corrected chi connectivity index (χ2v) is 5.75. The summed E-state index contributed by atoms with van der Waals surface area (Å²) in [4.78, 5) is -0.734. The largest absolute Gasteiger partial charge is 0.399 e.